The highest BCUT2D eigenvalue weighted by molar-refractivity contribution is 5.84. The number of rotatable bonds is 7. The lowest BCUT2D eigenvalue weighted by atomic mass is 9.68. The molecule has 5 nitrogen and oxygen atoms in total. The lowest BCUT2D eigenvalue weighted by molar-refractivity contribution is -0.154. The van der Waals surface area contributed by atoms with Gasteiger partial charge in [0.05, 0.1) is 25.7 Å². The van der Waals surface area contributed by atoms with Gasteiger partial charge in [0, 0.05) is 26.1 Å². The van der Waals surface area contributed by atoms with Gasteiger partial charge in [-0.15, -0.1) is 0 Å². The third-order valence-corrected chi connectivity index (χ3v) is 5.54. The first-order valence-electron chi connectivity index (χ1n) is 9.22. The maximum Gasteiger partial charge on any atom is 0.231 e. The molecule has 1 heterocycles. The van der Waals surface area contributed by atoms with Gasteiger partial charge in [0.15, 0.2) is 0 Å². The van der Waals surface area contributed by atoms with Crippen LogP contribution in [0.15, 0.2) is 24.3 Å². The van der Waals surface area contributed by atoms with Gasteiger partial charge in [-0.1, -0.05) is 6.42 Å². The van der Waals surface area contributed by atoms with E-state index >= 15 is 0 Å². The van der Waals surface area contributed by atoms with Gasteiger partial charge in [0.2, 0.25) is 5.91 Å². The fourth-order valence-corrected chi connectivity index (χ4v) is 3.91. The molecule has 1 saturated carbocycles. The van der Waals surface area contributed by atoms with Gasteiger partial charge in [0.1, 0.15) is 11.5 Å². The van der Waals surface area contributed by atoms with Crippen LogP contribution in [0.2, 0.25) is 0 Å². The average Bonchev–Trinajstić information content (AvgIpc) is 2.63. The summed E-state index contributed by atoms with van der Waals surface area (Å²) in [5.41, 5.74) is -0.256. The van der Waals surface area contributed by atoms with Crippen LogP contribution in [0.25, 0.3) is 0 Å². The SMILES string of the molecule is COCC1(C(=O)N2CCC[C@H](COc3ccc(OC)cc3)C2)CCC1. The lowest BCUT2D eigenvalue weighted by Crippen LogP contribution is -2.53. The highest BCUT2D eigenvalue weighted by atomic mass is 16.5. The fraction of sp³-hybridized carbons (Fsp3) is 0.650. The average molecular weight is 347 g/mol. The second-order valence-corrected chi connectivity index (χ2v) is 7.31. The van der Waals surface area contributed by atoms with Crippen molar-refractivity contribution in [1.82, 2.24) is 4.90 Å². The van der Waals surface area contributed by atoms with Crippen molar-refractivity contribution in [1.29, 1.82) is 0 Å². The number of piperidine rings is 1. The summed E-state index contributed by atoms with van der Waals surface area (Å²) in [5, 5.41) is 0. The van der Waals surface area contributed by atoms with Gasteiger partial charge in [-0.3, -0.25) is 4.79 Å². The Balaban J connectivity index is 1.53. The van der Waals surface area contributed by atoms with Crippen LogP contribution in [0.3, 0.4) is 0 Å². The Labute approximate surface area is 150 Å². The van der Waals surface area contributed by atoms with Crippen LogP contribution in [0.4, 0.5) is 0 Å². The number of hydrogen-bond donors (Lipinski definition) is 0. The molecule has 1 aromatic carbocycles. The van der Waals surface area contributed by atoms with Crippen molar-refractivity contribution in [3.63, 3.8) is 0 Å². The van der Waals surface area contributed by atoms with Gasteiger partial charge in [-0.25, -0.2) is 0 Å². The summed E-state index contributed by atoms with van der Waals surface area (Å²) in [4.78, 5) is 15.0. The van der Waals surface area contributed by atoms with Crippen LogP contribution in [-0.2, 0) is 9.53 Å². The van der Waals surface area contributed by atoms with Crippen LogP contribution >= 0.6 is 0 Å². The maximum absolute atomic E-state index is 13.0. The molecular formula is C20H29NO4. The smallest absolute Gasteiger partial charge is 0.231 e. The Morgan fingerprint density at radius 2 is 1.88 bits per heavy atom. The standard InChI is InChI=1S/C20H29NO4/c1-23-15-20(10-4-11-20)19(22)21-12-3-5-16(13-21)14-25-18-8-6-17(24-2)7-9-18/h6-9,16H,3-5,10-15H2,1-2H3/t16-/m0/s1. The molecule has 1 saturated heterocycles. The predicted molar refractivity (Wildman–Crippen MR) is 96.0 cm³/mol. The molecule has 0 spiro atoms. The third-order valence-electron chi connectivity index (χ3n) is 5.54. The minimum atomic E-state index is -0.256. The largest absolute Gasteiger partial charge is 0.497 e. The van der Waals surface area contributed by atoms with Crippen LogP contribution in [-0.4, -0.2) is 51.3 Å². The van der Waals surface area contributed by atoms with Gasteiger partial charge in [-0.2, -0.15) is 0 Å². The highest BCUT2D eigenvalue weighted by Gasteiger charge is 2.47. The molecule has 0 bridgehead atoms. The predicted octanol–water partition coefficient (Wildman–Crippen LogP) is 3.13. The molecule has 0 radical (unpaired) electrons. The van der Waals surface area contributed by atoms with Crippen molar-refractivity contribution < 1.29 is 19.0 Å². The van der Waals surface area contributed by atoms with Crippen LogP contribution in [0, 0.1) is 11.3 Å². The van der Waals surface area contributed by atoms with E-state index in [1.165, 1.54) is 0 Å². The number of ether oxygens (including phenoxy) is 3. The van der Waals surface area contributed by atoms with Crippen molar-refractivity contribution >= 4 is 5.91 Å². The first kappa shape index (κ1) is 18.1. The van der Waals surface area contributed by atoms with E-state index < -0.39 is 0 Å². The summed E-state index contributed by atoms with van der Waals surface area (Å²) >= 11 is 0. The quantitative estimate of drug-likeness (QED) is 0.760. The number of methoxy groups -OCH3 is 2. The zero-order valence-electron chi connectivity index (χ0n) is 15.3. The molecule has 138 valence electrons. The number of carbonyl (C=O) groups is 1. The zero-order chi connectivity index (χ0) is 17.7. The Morgan fingerprint density at radius 1 is 1.16 bits per heavy atom. The summed E-state index contributed by atoms with van der Waals surface area (Å²) < 4.78 is 16.4. The number of amides is 1. The molecule has 5 heteroatoms. The number of nitrogens with zero attached hydrogens (tertiary/aromatic N) is 1. The van der Waals surface area contributed by atoms with E-state index in [4.69, 9.17) is 14.2 Å². The van der Waals surface area contributed by atoms with Gasteiger partial charge >= 0.3 is 0 Å². The molecule has 1 aromatic rings. The summed E-state index contributed by atoms with van der Waals surface area (Å²) in [5.74, 6) is 2.35. The third kappa shape index (κ3) is 4.09. The van der Waals surface area contributed by atoms with Crippen molar-refractivity contribution in [2.24, 2.45) is 11.3 Å². The van der Waals surface area contributed by atoms with Gasteiger partial charge in [-0.05, 0) is 49.9 Å². The lowest BCUT2D eigenvalue weighted by Gasteiger charge is -2.45. The van der Waals surface area contributed by atoms with E-state index in [0.29, 0.717) is 19.1 Å². The second kappa shape index (κ2) is 8.09. The zero-order valence-corrected chi connectivity index (χ0v) is 15.3. The summed E-state index contributed by atoms with van der Waals surface area (Å²) in [6, 6.07) is 7.65. The van der Waals surface area contributed by atoms with E-state index in [9.17, 15) is 4.79 Å². The molecule has 25 heavy (non-hydrogen) atoms. The van der Waals surface area contributed by atoms with E-state index in [-0.39, 0.29) is 11.3 Å². The molecule has 3 rings (SSSR count). The molecule has 1 amide bonds. The Kier molecular flexibility index (Phi) is 5.84. The second-order valence-electron chi connectivity index (χ2n) is 7.31. The van der Waals surface area contributed by atoms with E-state index in [1.807, 2.05) is 29.2 Å². The monoisotopic (exact) mass is 347 g/mol. The number of benzene rings is 1. The molecule has 2 aliphatic rings. The molecular weight excluding hydrogens is 318 g/mol. The molecule has 2 fully saturated rings. The first-order chi connectivity index (χ1) is 12.2. The molecule has 1 aliphatic heterocycles. The van der Waals surface area contributed by atoms with Gasteiger partial charge in [0.25, 0.3) is 0 Å². The van der Waals surface area contributed by atoms with Crippen molar-refractivity contribution in [2.75, 3.05) is 40.5 Å². The van der Waals surface area contributed by atoms with E-state index in [2.05, 4.69) is 0 Å². The summed E-state index contributed by atoms with van der Waals surface area (Å²) in [6.45, 7) is 2.85. The molecule has 1 atom stereocenters. The molecule has 0 N–H and O–H groups in total. The first-order valence-corrected chi connectivity index (χ1v) is 9.22. The van der Waals surface area contributed by atoms with Crippen LogP contribution in [0.5, 0.6) is 11.5 Å². The number of likely N-dealkylation sites (tertiary alicyclic amines) is 1. The Hall–Kier alpha value is -1.75. The van der Waals surface area contributed by atoms with Crippen molar-refractivity contribution in [3.8, 4) is 11.5 Å². The minimum absolute atomic E-state index is 0.256. The maximum atomic E-state index is 13.0. The Morgan fingerprint density at radius 3 is 2.48 bits per heavy atom. The molecule has 1 aliphatic carbocycles. The van der Waals surface area contributed by atoms with Crippen LogP contribution in [0.1, 0.15) is 32.1 Å². The summed E-state index contributed by atoms with van der Waals surface area (Å²) in [6.07, 6.45) is 5.21. The number of carbonyl (C=O) groups excluding carboxylic acids is 1. The topological polar surface area (TPSA) is 48.0 Å². The summed E-state index contributed by atoms with van der Waals surface area (Å²) in [7, 11) is 3.34. The molecule has 0 aromatic heterocycles. The van der Waals surface area contributed by atoms with Crippen molar-refractivity contribution in [2.45, 2.75) is 32.1 Å². The van der Waals surface area contributed by atoms with Crippen LogP contribution < -0.4 is 9.47 Å². The normalized spacial score (nSPS) is 22.2. The number of hydrogen-bond acceptors (Lipinski definition) is 4. The van der Waals surface area contributed by atoms with Crippen molar-refractivity contribution in [3.05, 3.63) is 24.3 Å². The fourth-order valence-electron chi connectivity index (χ4n) is 3.91. The Bertz CT molecular complexity index is 568. The highest BCUT2D eigenvalue weighted by Crippen LogP contribution is 2.43. The van der Waals surface area contributed by atoms with E-state index in [1.54, 1.807) is 14.2 Å². The minimum Gasteiger partial charge on any atom is -0.497 e. The molecule has 0 unspecified atom stereocenters. The van der Waals surface area contributed by atoms with E-state index in [0.717, 1.165) is 56.7 Å². The van der Waals surface area contributed by atoms with Gasteiger partial charge < -0.3 is 19.1 Å².